The number of carbonyl (C=O) groups is 1. The molecule has 2 fully saturated rings. The van der Waals surface area contributed by atoms with Crippen LogP contribution in [0.4, 0.5) is 4.79 Å². The van der Waals surface area contributed by atoms with Crippen molar-refractivity contribution in [3.05, 3.63) is 0 Å². The van der Waals surface area contributed by atoms with E-state index >= 15 is 0 Å². The fourth-order valence-electron chi connectivity index (χ4n) is 3.31. The number of nitrogens with one attached hydrogen (secondary N) is 1. The van der Waals surface area contributed by atoms with Crippen molar-refractivity contribution >= 4 is 6.09 Å². The Morgan fingerprint density at radius 2 is 1.67 bits per heavy atom. The summed E-state index contributed by atoms with van der Waals surface area (Å²) in [6, 6.07) is 0.848. The van der Waals surface area contributed by atoms with Gasteiger partial charge in [-0.25, -0.2) is 4.79 Å². The van der Waals surface area contributed by atoms with Gasteiger partial charge in [-0.3, -0.25) is 0 Å². The maximum Gasteiger partial charge on any atom is 0.407 e. The van der Waals surface area contributed by atoms with Crippen molar-refractivity contribution in [2.45, 2.75) is 83.1 Å². The predicted molar refractivity (Wildman–Crippen MR) is 82.2 cm³/mol. The molecule has 1 saturated carbocycles. The molecule has 2 rings (SSSR count). The number of likely N-dealkylation sites (tertiary alicyclic amines) is 1. The fraction of sp³-hybridized carbons (Fsp3) is 0.938. The summed E-state index contributed by atoms with van der Waals surface area (Å²) in [6.07, 6.45) is 5.64. The summed E-state index contributed by atoms with van der Waals surface area (Å²) in [5, 5.41) is 12.6. The zero-order valence-electron chi connectivity index (χ0n) is 13.6. The second-order valence-electron chi connectivity index (χ2n) is 7.42. The monoisotopic (exact) mass is 298 g/mol. The van der Waals surface area contributed by atoms with Crippen LogP contribution in [0.15, 0.2) is 0 Å². The molecule has 1 heterocycles. The van der Waals surface area contributed by atoms with Crippen molar-refractivity contribution in [3.63, 3.8) is 0 Å². The van der Waals surface area contributed by atoms with Gasteiger partial charge in [-0.2, -0.15) is 0 Å². The van der Waals surface area contributed by atoms with Crippen LogP contribution in [0.5, 0.6) is 0 Å². The van der Waals surface area contributed by atoms with Gasteiger partial charge in [0.2, 0.25) is 0 Å². The van der Waals surface area contributed by atoms with Gasteiger partial charge >= 0.3 is 6.09 Å². The largest absolute Gasteiger partial charge is 0.444 e. The maximum absolute atomic E-state index is 11.8. The quantitative estimate of drug-likeness (QED) is 0.821. The minimum atomic E-state index is -0.437. The zero-order valence-corrected chi connectivity index (χ0v) is 13.6. The topological polar surface area (TPSA) is 61.8 Å². The van der Waals surface area contributed by atoms with Gasteiger partial charge in [0.05, 0.1) is 6.10 Å². The van der Waals surface area contributed by atoms with Gasteiger partial charge in [0.1, 0.15) is 5.60 Å². The van der Waals surface area contributed by atoms with Crippen molar-refractivity contribution in [2.24, 2.45) is 0 Å². The number of piperidine rings is 1. The Morgan fingerprint density at radius 3 is 2.19 bits per heavy atom. The number of carbonyl (C=O) groups excluding carboxylic acids is 1. The van der Waals surface area contributed by atoms with Gasteiger partial charge in [-0.05, 0) is 59.3 Å². The minimum absolute atomic E-state index is 0.0902. The molecule has 0 aromatic heterocycles. The highest BCUT2D eigenvalue weighted by Gasteiger charge is 2.29. The van der Waals surface area contributed by atoms with Crippen LogP contribution in [-0.4, -0.2) is 53.0 Å². The van der Waals surface area contributed by atoms with Gasteiger partial charge in [0, 0.05) is 25.2 Å². The van der Waals surface area contributed by atoms with Crippen molar-refractivity contribution in [2.75, 3.05) is 13.1 Å². The van der Waals surface area contributed by atoms with E-state index in [1.54, 1.807) is 0 Å². The lowest BCUT2D eigenvalue weighted by molar-refractivity contribution is 0.0413. The molecule has 0 bridgehead atoms. The third-order valence-electron chi connectivity index (χ3n) is 4.43. The zero-order chi connectivity index (χ0) is 15.5. The number of alkyl carbamates (subject to hydrolysis) is 1. The number of hydrogen-bond donors (Lipinski definition) is 2. The SMILES string of the molecule is CC(C)(C)OC(=O)NC1CCN(C2CCC(O)CC2)CC1. The van der Waals surface area contributed by atoms with E-state index in [4.69, 9.17) is 4.74 Å². The van der Waals surface area contributed by atoms with E-state index in [-0.39, 0.29) is 18.2 Å². The second-order valence-corrected chi connectivity index (χ2v) is 7.42. The summed E-state index contributed by atoms with van der Waals surface area (Å²) in [4.78, 5) is 14.3. The molecule has 2 N–H and O–H groups in total. The normalized spacial score (nSPS) is 29.1. The number of aliphatic hydroxyl groups excluding tert-OH is 1. The first-order chi connectivity index (χ1) is 9.83. The fourth-order valence-corrected chi connectivity index (χ4v) is 3.31. The van der Waals surface area contributed by atoms with Crippen LogP contribution < -0.4 is 5.32 Å². The van der Waals surface area contributed by atoms with Gasteiger partial charge in [-0.15, -0.1) is 0 Å². The number of rotatable bonds is 2. The van der Waals surface area contributed by atoms with Gasteiger partial charge in [0.25, 0.3) is 0 Å². The smallest absolute Gasteiger partial charge is 0.407 e. The van der Waals surface area contributed by atoms with Crippen LogP contribution >= 0.6 is 0 Å². The molecule has 5 heteroatoms. The van der Waals surface area contributed by atoms with E-state index in [0.29, 0.717) is 6.04 Å². The van der Waals surface area contributed by atoms with Crippen molar-refractivity contribution in [1.29, 1.82) is 0 Å². The lowest BCUT2D eigenvalue weighted by atomic mass is 9.90. The molecule has 0 atom stereocenters. The molecule has 2 aliphatic rings. The third-order valence-corrected chi connectivity index (χ3v) is 4.43. The molecule has 1 saturated heterocycles. The van der Waals surface area contributed by atoms with Crippen LogP contribution in [0, 0.1) is 0 Å². The van der Waals surface area contributed by atoms with E-state index in [1.165, 1.54) is 0 Å². The predicted octanol–water partition coefficient (Wildman–Crippen LogP) is 2.28. The molecule has 0 unspecified atom stereocenters. The molecule has 5 nitrogen and oxygen atoms in total. The summed E-state index contributed by atoms with van der Waals surface area (Å²) in [6.45, 7) is 7.70. The average molecular weight is 298 g/mol. The highest BCUT2D eigenvalue weighted by atomic mass is 16.6. The van der Waals surface area contributed by atoms with E-state index in [2.05, 4.69) is 10.2 Å². The lowest BCUT2D eigenvalue weighted by Crippen LogP contribution is -2.49. The van der Waals surface area contributed by atoms with Crippen molar-refractivity contribution in [3.8, 4) is 0 Å². The second kappa shape index (κ2) is 6.97. The number of ether oxygens (including phenoxy) is 1. The number of hydrogen-bond acceptors (Lipinski definition) is 4. The Bertz CT molecular complexity index is 338. The summed E-state index contributed by atoms with van der Waals surface area (Å²) in [7, 11) is 0. The highest BCUT2D eigenvalue weighted by Crippen LogP contribution is 2.25. The van der Waals surface area contributed by atoms with Crippen LogP contribution in [0.2, 0.25) is 0 Å². The Labute approximate surface area is 128 Å². The van der Waals surface area contributed by atoms with Crippen molar-refractivity contribution in [1.82, 2.24) is 10.2 Å². The molecular formula is C16H30N2O3. The average Bonchev–Trinajstić information content (AvgIpc) is 2.38. The van der Waals surface area contributed by atoms with E-state index in [9.17, 15) is 9.90 Å². The van der Waals surface area contributed by atoms with Crippen LogP contribution in [0.25, 0.3) is 0 Å². The van der Waals surface area contributed by atoms with E-state index < -0.39 is 5.60 Å². The third kappa shape index (κ3) is 5.47. The standard InChI is InChI=1S/C16H30N2O3/c1-16(2,3)21-15(20)17-12-8-10-18(11-9-12)13-4-6-14(19)7-5-13/h12-14,19H,4-11H2,1-3H3,(H,17,20). The van der Waals surface area contributed by atoms with Crippen LogP contribution in [0.3, 0.4) is 0 Å². The maximum atomic E-state index is 11.8. The van der Waals surface area contributed by atoms with E-state index in [1.807, 2.05) is 20.8 Å². The summed E-state index contributed by atoms with van der Waals surface area (Å²) < 4.78 is 5.30. The van der Waals surface area contributed by atoms with Gasteiger partial charge < -0.3 is 20.1 Å². The first-order valence-corrected chi connectivity index (χ1v) is 8.25. The molecule has 1 amide bonds. The molecule has 122 valence electrons. The Balaban J connectivity index is 1.69. The molecule has 0 spiro atoms. The van der Waals surface area contributed by atoms with Crippen molar-refractivity contribution < 1.29 is 14.6 Å². The molecular weight excluding hydrogens is 268 g/mol. The van der Waals surface area contributed by atoms with Crippen LogP contribution in [-0.2, 0) is 4.74 Å². The Kier molecular flexibility index (Phi) is 5.49. The number of aliphatic hydroxyl groups is 1. The summed E-state index contributed by atoms with van der Waals surface area (Å²) >= 11 is 0. The van der Waals surface area contributed by atoms with Crippen LogP contribution in [0.1, 0.15) is 59.3 Å². The Hall–Kier alpha value is -0.810. The summed E-state index contributed by atoms with van der Waals surface area (Å²) in [5.74, 6) is 0. The number of amides is 1. The lowest BCUT2D eigenvalue weighted by Gasteiger charge is -2.40. The Morgan fingerprint density at radius 1 is 1.10 bits per heavy atom. The van der Waals surface area contributed by atoms with E-state index in [0.717, 1.165) is 51.6 Å². The molecule has 0 aromatic rings. The minimum Gasteiger partial charge on any atom is -0.444 e. The molecule has 1 aliphatic carbocycles. The molecule has 0 aromatic carbocycles. The highest BCUT2D eigenvalue weighted by molar-refractivity contribution is 5.68. The molecule has 1 aliphatic heterocycles. The van der Waals surface area contributed by atoms with Gasteiger partial charge in [-0.1, -0.05) is 0 Å². The molecule has 0 radical (unpaired) electrons. The first-order valence-electron chi connectivity index (χ1n) is 8.25. The molecule has 21 heavy (non-hydrogen) atoms. The number of nitrogens with zero attached hydrogens (tertiary/aromatic N) is 1. The first kappa shape index (κ1) is 16.6. The van der Waals surface area contributed by atoms with Gasteiger partial charge in [0.15, 0.2) is 0 Å². The summed E-state index contributed by atoms with van der Waals surface area (Å²) in [5.41, 5.74) is -0.437.